The molecule has 1 aromatic heterocycles. The number of carbonyl (C=O) groups excluding carboxylic acids is 1. The number of hydrogen-bond donors (Lipinski definition) is 3. The lowest BCUT2D eigenvalue weighted by molar-refractivity contribution is -0.0350. The van der Waals surface area contributed by atoms with Crippen LogP contribution in [0, 0.1) is 0 Å². The maximum Gasteiger partial charge on any atom is 0.287 e. The van der Waals surface area contributed by atoms with E-state index in [0.717, 1.165) is 0 Å². The van der Waals surface area contributed by atoms with Crippen molar-refractivity contribution in [1.82, 2.24) is 20.2 Å². The van der Waals surface area contributed by atoms with Crippen LogP contribution in [0.25, 0.3) is 0 Å². The Labute approximate surface area is 157 Å². The molecular weight excluding hydrogens is 348 g/mol. The first-order valence-corrected chi connectivity index (χ1v) is 9.24. The molecule has 0 unspecified atom stereocenters. The fourth-order valence-electron chi connectivity index (χ4n) is 3.90. The van der Waals surface area contributed by atoms with E-state index in [1.54, 1.807) is 12.4 Å². The van der Waals surface area contributed by atoms with Crippen molar-refractivity contribution in [2.75, 3.05) is 26.3 Å². The molecule has 144 valence electrons. The number of imidazole rings is 1. The molecule has 8 heteroatoms. The number of ether oxygens (including phenoxy) is 2. The number of morpholine rings is 1. The van der Waals surface area contributed by atoms with Crippen molar-refractivity contribution < 1.29 is 19.4 Å². The maximum atomic E-state index is 12.5. The molecule has 4 rings (SSSR count). The second-order valence-electron chi connectivity index (χ2n) is 6.85. The van der Waals surface area contributed by atoms with Gasteiger partial charge in [0.15, 0.2) is 5.82 Å². The zero-order chi connectivity index (χ0) is 18.6. The number of H-pyrrole nitrogens is 1. The van der Waals surface area contributed by atoms with Gasteiger partial charge in [0.05, 0.1) is 25.3 Å². The van der Waals surface area contributed by atoms with E-state index in [2.05, 4.69) is 20.2 Å². The van der Waals surface area contributed by atoms with E-state index < -0.39 is 12.2 Å². The molecule has 1 saturated heterocycles. The Hall–Kier alpha value is -2.42. The number of para-hydroxylation sites is 1. The van der Waals surface area contributed by atoms with Crippen LogP contribution in [0.2, 0.25) is 0 Å². The van der Waals surface area contributed by atoms with Crippen LogP contribution < -0.4 is 10.1 Å². The lowest BCUT2D eigenvalue weighted by Gasteiger charge is -2.37. The van der Waals surface area contributed by atoms with Gasteiger partial charge in [0.1, 0.15) is 18.0 Å². The Morgan fingerprint density at radius 1 is 1.30 bits per heavy atom. The predicted molar refractivity (Wildman–Crippen MR) is 97.5 cm³/mol. The Morgan fingerprint density at radius 2 is 2.07 bits per heavy atom. The Kier molecular flexibility index (Phi) is 5.38. The topological polar surface area (TPSA) is 99.7 Å². The highest BCUT2D eigenvalue weighted by atomic mass is 16.5. The molecule has 1 aliphatic heterocycles. The van der Waals surface area contributed by atoms with Gasteiger partial charge in [0, 0.05) is 31.9 Å². The number of carbonyl (C=O) groups is 1. The third-order valence-corrected chi connectivity index (χ3v) is 5.16. The molecule has 3 N–H and O–H groups in total. The zero-order valence-corrected chi connectivity index (χ0v) is 15.0. The lowest BCUT2D eigenvalue weighted by Crippen LogP contribution is -2.56. The first-order chi connectivity index (χ1) is 13.2. The molecule has 2 aromatic rings. The van der Waals surface area contributed by atoms with E-state index in [4.69, 9.17) is 9.47 Å². The molecule has 2 aliphatic rings. The summed E-state index contributed by atoms with van der Waals surface area (Å²) in [5.74, 6) is 0.689. The second-order valence-corrected chi connectivity index (χ2v) is 6.85. The molecule has 4 atom stereocenters. The Bertz CT molecular complexity index is 733. The minimum absolute atomic E-state index is 0.235. The molecule has 8 nitrogen and oxygen atoms in total. The van der Waals surface area contributed by atoms with E-state index >= 15 is 0 Å². The van der Waals surface area contributed by atoms with Crippen molar-refractivity contribution in [1.29, 1.82) is 0 Å². The summed E-state index contributed by atoms with van der Waals surface area (Å²) in [5, 5.41) is 14.0. The molecule has 1 saturated carbocycles. The summed E-state index contributed by atoms with van der Waals surface area (Å²) in [6, 6.07) is 8.96. The number of hydrogen-bond acceptors (Lipinski definition) is 6. The summed E-state index contributed by atoms with van der Waals surface area (Å²) < 4.78 is 11.5. The first kappa shape index (κ1) is 18.0. The second kappa shape index (κ2) is 8.08. The number of amides is 1. The minimum atomic E-state index is -0.717. The van der Waals surface area contributed by atoms with E-state index in [0.29, 0.717) is 38.5 Å². The highest BCUT2D eigenvalue weighted by Gasteiger charge is 2.47. The number of nitrogens with zero attached hydrogens (tertiary/aromatic N) is 2. The van der Waals surface area contributed by atoms with Crippen LogP contribution in [0.3, 0.4) is 0 Å². The summed E-state index contributed by atoms with van der Waals surface area (Å²) in [4.78, 5) is 21.5. The van der Waals surface area contributed by atoms with Gasteiger partial charge in [-0.05, 0) is 12.1 Å². The van der Waals surface area contributed by atoms with Crippen LogP contribution in [0.5, 0.6) is 5.75 Å². The van der Waals surface area contributed by atoms with Crippen molar-refractivity contribution in [3.63, 3.8) is 0 Å². The number of aromatic nitrogens is 2. The van der Waals surface area contributed by atoms with E-state index in [1.165, 1.54) is 0 Å². The summed E-state index contributed by atoms with van der Waals surface area (Å²) in [5.41, 5.74) is 0. The van der Waals surface area contributed by atoms with Crippen LogP contribution in [0.1, 0.15) is 17.0 Å². The Morgan fingerprint density at radius 3 is 2.78 bits per heavy atom. The summed E-state index contributed by atoms with van der Waals surface area (Å²) in [7, 11) is 0. The molecule has 1 amide bonds. The zero-order valence-electron chi connectivity index (χ0n) is 15.0. The minimum Gasteiger partial charge on any atom is -0.488 e. The highest BCUT2D eigenvalue weighted by molar-refractivity contribution is 5.90. The maximum absolute atomic E-state index is 12.5. The average Bonchev–Trinajstić information content (AvgIpc) is 3.33. The number of aromatic amines is 1. The van der Waals surface area contributed by atoms with Gasteiger partial charge in [-0.25, -0.2) is 4.98 Å². The monoisotopic (exact) mass is 372 g/mol. The summed E-state index contributed by atoms with van der Waals surface area (Å²) in [6.45, 7) is 2.67. The van der Waals surface area contributed by atoms with Gasteiger partial charge in [-0.1, -0.05) is 18.2 Å². The third kappa shape index (κ3) is 3.97. The van der Waals surface area contributed by atoms with Gasteiger partial charge >= 0.3 is 0 Å². The van der Waals surface area contributed by atoms with Crippen molar-refractivity contribution in [2.24, 2.45) is 0 Å². The molecule has 27 heavy (non-hydrogen) atoms. The molecule has 2 fully saturated rings. The van der Waals surface area contributed by atoms with Crippen LogP contribution in [0.4, 0.5) is 0 Å². The summed E-state index contributed by atoms with van der Waals surface area (Å²) in [6.07, 6.45) is 2.55. The van der Waals surface area contributed by atoms with Gasteiger partial charge in [-0.2, -0.15) is 0 Å². The van der Waals surface area contributed by atoms with Crippen LogP contribution in [-0.2, 0) is 4.74 Å². The number of nitrogens with one attached hydrogen (secondary N) is 2. The molecule has 2 heterocycles. The van der Waals surface area contributed by atoms with Gasteiger partial charge in [0.25, 0.3) is 5.91 Å². The van der Waals surface area contributed by atoms with E-state index in [1.807, 2.05) is 30.3 Å². The fraction of sp³-hybridized carbons (Fsp3) is 0.474. The molecule has 1 aliphatic carbocycles. The lowest BCUT2D eigenvalue weighted by atomic mass is 10.1. The van der Waals surface area contributed by atoms with E-state index in [9.17, 15) is 9.90 Å². The van der Waals surface area contributed by atoms with Gasteiger partial charge in [0.2, 0.25) is 0 Å². The third-order valence-electron chi connectivity index (χ3n) is 5.16. The largest absolute Gasteiger partial charge is 0.488 e. The normalized spacial score (nSPS) is 28.8. The number of rotatable bonds is 5. The van der Waals surface area contributed by atoms with Gasteiger partial charge in [-0.15, -0.1) is 0 Å². The van der Waals surface area contributed by atoms with Crippen molar-refractivity contribution in [3.05, 3.63) is 48.5 Å². The highest BCUT2D eigenvalue weighted by Crippen LogP contribution is 2.30. The molecule has 0 radical (unpaired) electrons. The summed E-state index contributed by atoms with van der Waals surface area (Å²) >= 11 is 0. The standard InChI is InChI=1S/C19H24N4O4/c24-17-15(27-13-4-2-1-3-5-13)12-14(16(17)23-8-10-26-11-9-23)22-19(25)18-20-6-7-21-18/h1-7,14-17,24H,8-12H2,(H,20,21)(H,22,25)/t14-,15-,16+,17+/m1/s1. The van der Waals surface area contributed by atoms with Crippen molar-refractivity contribution >= 4 is 5.91 Å². The van der Waals surface area contributed by atoms with Gasteiger partial charge in [-0.3, -0.25) is 9.69 Å². The Balaban J connectivity index is 1.51. The quantitative estimate of drug-likeness (QED) is 0.704. The van der Waals surface area contributed by atoms with E-state index in [-0.39, 0.29) is 23.8 Å². The number of aliphatic hydroxyl groups excluding tert-OH is 1. The van der Waals surface area contributed by atoms with Crippen LogP contribution in [-0.4, -0.2) is 76.5 Å². The van der Waals surface area contributed by atoms with Crippen LogP contribution >= 0.6 is 0 Å². The molecule has 1 aromatic carbocycles. The van der Waals surface area contributed by atoms with Crippen molar-refractivity contribution in [3.8, 4) is 5.75 Å². The number of benzene rings is 1. The molecule has 0 spiro atoms. The van der Waals surface area contributed by atoms with Crippen LogP contribution in [0.15, 0.2) is 42.7 Å². The predicted octanol–water partition coefficient (Wildman–Crippen LogP) is 0.421. The first-order valence-electron chi connectivity index (χ1n) is 9.24. The fourth-order valence-corrected chi connectivity index (χ4v) is 3.90. The molecule has 0 bridgehead atoms. The SMILES string of the molecule is O=C(N[C@@H]1C[C@@H](Oc2ccccc2)[C@H](O)[C@H]1N1CCOCC1)c1ncc[nH]1. The smallest absolute Gasteiger partial charge is 0.287 e. The van der Waals surface area contributed by atoms with Gasteiger partial charge < -0.3 is 24.9 Å². The molecular formula is C19H24N4O4. The number of aliphatic hydroxyl groups is 1. The average molecular weight is 372 g/mol. The van der Waals surface area contributed by atoms with Crippen molar-refractivity contribution in [2.45, 2.75) is 30.7 Å².